The molecule has 1 aromatic rings. The molecule has 136 valence electrons. The lowest BCUT2D eigenvalue weighted by Crippen LogP contribution is -2.36. The molecule has 3 atom stereocenters. The normalized spacial score (nSPS) is 24.5. The van der Waals surface area contributed by atoms with Gasteiger partial charge in [0.15, 0.2) is 0 Å². The van der Waals surface area contributed by atoms with Gasteiger partial charge in [0.1, 0.15) is 17.9 Å². The standard InChI is InChI=1S/C14H19F3N2O5/c1-3-22-7-10-9(23-4-2)5-11(24-10)19-6-8(14(15,16)17)12(20)18-13(19)21/h6,9-11H,3-5,7H2,1-2H3,(H,18,20,21)/t9-,10+,11+/m0/s1. The second-order valence-electron chi connectivity index (χ2n) is 5.23. The van der Waals surface area contributed by atoms with E-state index < -0.39 is 41.4 Å². The first-order valence-corrected chi connectivity index (χ1v) is 7.55. The van der Waals surface area contributed by atoms with E-state index in [9.17, 15) is 22.8 Å². The number of aromatic amines is 1. The highest BCUT2D eigenvalue weighted by Crippen LogP contribution is 2.31. The van der Waals surface area contributed by atoms with Gasteiger partial charge >= 0.3 is 11.9 Å². The van der Waals surface area contributed by atoms with Crippen molar-refractivity contribution in [3.05, 3.63) is 32.6 Å². The number of hydrogen-bond acceptors (Lipinski definition) is 5. The van der Waals surface area contributed by atoms with Crippen molar-refractivity contribution in [3.8, 4) is 0 Å². The van der Waals surface area contributed by atoms with Gasteiger partial charge in [0, 0.05) is 25.8 Å². The van der Waals surface area contributed by atoms with Gasteiger partial charge in [0.25, 0.3) is 5.56 Å². The van der Waals surface area contributed by atoms with Crippen LogP contribution in [0.15, 0.2) is 15.8 Å². The molecule has 2 heterocycles. The Bertz CT molecular complexity index is 670. The SMILES string of the molecule is CCOC[C@H]1O[C@@H](n2cc(C(F)(F)F)c(=O)[nH]c2=O)C[C@@H]1OCC. The van der Waals surface area contributed by atoms with Crippen LogP contribution in [0.4, 0.5) is 13.2 Å². The van der Waals surface area contributed by atoms with Crippen LogP contribution in [0.3, 0.4) is 0 Å². The van der Waals surface area contributed by atoms with Crippen molar-refractivity contribution >= 4 is 0 Å². The predicted molar refractivity (Wildman–Crippen MR) is 76.8 cm³/mol. The van der Waals surface area contributed by atoms with Gasteiger partial charge < -0.3 is 14.2 Å². The van der Waals surface area contributed by atoms with Gasteiger partial charge in [-0.2, -0.15) is 13.2 Å². The van der Waals surface area contributed by atoms with Crippen molar-refractivity contribution in [2.75, 3.05) is 19.8 Å². The third-order valence-electron chi connectivity index (χ3n) is 3.63. The predicted octanol–water partition coefficient (Wildman–Crippen LogP) is 1.28. The molecule has 1 aromatic heterocycles. The van der Waals surface area contributed by atoms with E-state index in [-0.39, 0.29) is 13.0 Å². The Balaban J connectivity index is 2.31. The van der Waals surface area contributed by atoms with Crippen molar-refractivity contribution < 1.29 is 27.4 Å². The molecule has 10 heteroatoms. The highest BCUT2D eigenvalue weighted by Gasteiger charge is 2.40. The lowest BCUT2D eigenvalue weighted by molar-refractivity contribution is -0.139. The van der Waals surface area contributed by atoms with Crippen LogP contribution in [0, 0.1) is 0 Å². The largest absolute Gasteiger partial charge is 0.423 e. The second kappa shape index (κ2) is 7.49. The molecule has 0 bridgehead atoms. The fourth-order valence-corrected chi connectivity index (χ4v) is 2.55. The Labute approximate surface area is 135 Å². The lowest BCUT2D eigenvalue weighted by Gasteiger charge is -2.18. The van der Waals surface area contributed by atoms with Crippen molar-refractivity contribution in [1.29, 1.82) is 0 Å². The van der Waals surface area contributed by atoms with Crippen LogP contribution in [-0.2, 0) is 20.4 Å². The van der Waals surface area contributed by atoms with Crippen molar-refractivity contribution in [2.45, 2.75) is 44.9 Å². The Hall–Kier alpha value is -1.65. The Kier molecular flexibility index (Phi) is 5.83. The molecule has 1 aliphatic rings. The van der Waals surface area contributed by atoms with Gasteiger partial charge in [-0.3, -0.25) is 14.3 Å². The number of nitrogens with zero attached hydrogens (tertiary/aromatic N) is 1. The molecule has 0 saturated carbocycles. The average molecular weight is 352 g/mol. The van der Waals surface area contributed by atoms with Crippen LogP contribution in [0.25, 0.3) is 0 Å². The summed E-state index contributed by atoms with van der Waals surface area (Å²) in [6.45, 7) is 4.60. The summed E-state index contributed by atoms with van der Waals surface area (Å²) in [5.74, 6) is 0. The van der Waals surface area contributed by atoms with Crippen LogP contribution in [-0.4, -0.2) is 41.6 Å². The van der Waals surface area contributed by atoms with Gasteiger partial charge in [-0.05, 0) is 13.8 Å². The van der Waals surface area contributed by atoms with Crippen molar-refractivity contribution in [3.63, 3.8) is 0 Å². The van der Waals surface area contributed by atoms with E-state index >= 15 is 0 Å². The molecule has 7 nitrogen and oxygen atoms in total. The number of aromatic nitrogens is 2. The van der Waals surface area contributed by atoms with Crippen LogP contribution >= 0.6 is 0 Å². The topological polar surface area (TPSA) is 82.5 Å². The monoisotopic (exact) mass is 352 g/mol. The fourth-order valence-electron chi connectivity index (χ4n) is 2.55. The van der Waals surface area contributed by atoms with Gasteiger partial charge in [0.2, 0.25) is 0 Å². The summed E-state index contributed by atoms with van der Waals surface area (Å²) >= 11 is 0. The van der Waals surface area contributed by atoms with Gasteiger partial charge in [-0.15, -0.1) is 0 Å². The molecule has 0 unspecified atom stereocenters. The zero-order chi connectivity index (χ0) is 17.9. The molecule has 0 spiro atoms. The molecule has 0 aliphatic carbocycles. The zero-order valence-electron chi connectivity index (χ0n) is 13.3. The van der Waals surface area contributed by atoms with Crippen molar-refractivity contribution in [2.24, 2.45) is 0 Å². The smallest absolute Gasteiger partial charge is 0.379 e. The number of H-pyrrole nitrogens is 1. The van der Waals surface area contributed by atoms with Crippen LogP contribution < -0.4 is 11.2 Å². The number of hydrogen-bond donors (Lipinski definition) is 1. The van der Waals surface area contributed by atoms with Gasteiger partial charge in [0.05, 0.1) is 12.7 Å². The maximum atomic E-state index is 12.9. The average Bonchev–Trinajstić information content (AvgIpc) is 2.87. The molecule has 24 heavy (non-hydrogen) atoms. The highest BCUT2D eigenvalue weighted by atomic mass is 19.4. The van der Waals surface area contributed by atoms with E-state index in [0.29, 0.717) is 19.4 Å². The molecule has 2 rings (SSSR count). The molecule has 0 aromatic carbocycles. The fraction of sp³-hybridized carbons (Fsp3) is 0.714. The minimum atomic E-state index is -4.87. The molecule has 0 amide bonds. The summed E-state index contributed by atoms with van der Waals surface area (Å²) < 4.78 is 55.8. The first-order chi connectivity index (χ1) is 11.3. The van der Waals surface area contributed by atoms with E-state index in [1.54, 1.807) is 18.8 Å². The number of nitrogens with one attached hydrogen (secondary N) is 1. The van der Waals surface area contributed by atoms with E-state index in [2.05, 4.69) is 0 Å². The van der Waals surface area contributed by atoms with Gasteiger partial charge in [-0.1, -0.05) is 0 Å². The van der Waals surface area contributed by atoms with Gasteiger partial charge in [-0.25, -0.2) is 4.79 Å². The summed E-state index contributed by atoms with van der Waals surface area (Å²) in [4.78, 5) is 24.9. The van der Waals surface area contributed by atoms with Crippen LogP contribution in [0.2, 0.25) is 0 Å². The summed E-state index contributed by atoms with van der Waals surface area (Å²) in [5, 5.41) is 0. The van der Waals surface area contributed by atoms with E-state index in [1.165, 1.54) is 0 Å². The summed E-state index contributed by atoms with van der Waals surface area (Å²) in [7, 11) is 0. The Morgan fingerprint density at radius 1 is 1.33 bits per heavy atom. The van der Waals surface area contributed by atoms with E-state index in [1.807, 2.05) is 0 Å². The number of alkyl halides is 3. The first kappa shape index (κ1) is 18.7. The van der Waals surface area contributed by atoms with E-state index in [0.717, 1.165) is 4.57 Å². The molecular weight excluding hydrogens is 333 g/mol. The zero-order valence-corrected chi connectivity index (χ0v) is 13.3. The minimum absolute atomic E-state index is 0.175. The summed E-state index contributed by atoms with van der Waals surface area (Å²) in [5.41, 5.74) is -3.90. The number of ether oxygens (including phenoxy) is 3. The van der Waals surface area contributed by atoms with Crippen molar-refractivity contribution in [1.82, 2.24) is 9.55 Å². The quantitative estimate of drug-likeness (QED) is 0.834. The Morgan fingerprint density at radius 3 is 2.62 bits per heavy atom. The summed E-state index contributed by atoms with van der Waals surface area (Å²) in [6, 6.07) is 0. The summed E-state index contributed by atoms with van der Waals surface area (Å²) in [6.07, 6.45) is -6.11. The third kappa shape index (κ3) is 4.05. The Morgan fingerprint density at radius 2 is 2.04 bits per heavy atom. The highest BCUT2D eigenvalue weighted by molar-refractivity contribution is 5.09. The van der Waals surface area contributed by atoms with E-state index in [4.69, 9.17) is 14.2 Å². The molecule has 1 aliphatic heterocycles. The maximum Gasteiger partial charge on any atom is 0.423 e. The number of halogens is 3. The molecule has 1 fully saturated rings. The first-order valence-electron chi connectivity index (χ1n) is 7.55. The van der Waals surface area contributed by atoms with Crippen LogP contribution in [0.5, 0.6) is 0 Å². The maximum absolute atomic E-state index is 12.9. The molecule has 0 radical (unpaired) electrons. The lowest BCUT2D eigenvalue weighted by atomic mass is 10.2. The van der Waals surface area contributed by atoms with Crippen LogP contribution in [0.1, 0.15) is 32.1 Å². The molecule has 1 N–H and O–H groups in total. The minimum Gasteiger partial charge on any atom is -0.379 e. The third-order valence-corrected chi connectivity index (χ3v) is 3.63. The number of rotatable bonds is 6. The second-order valence-corrected chi connectivity index (χ2v) is 5.23. The molecule has 1 saturated heterocycles. The molecular formula is C14H19F3N2O5.